The maximum absolute atomic E-state index is 12.8. The van der Waals surface area contributed by atoms with Crippen molar-refractivity contribution in [3.8, 4) is 0 Å². The largest absolute Gasteiger partial charge is 0.341 e. The van der Waals surface area contributed by atoms with Crippen molar-refractivity contribution >= 4 is 11.8 Å². The van der Waals surface area contributed by atoms with Crippen LogP contribution in [0.1, 0.15) is 75.8 Å². The molecule has 0 aliphatic carbocycles. The molecule has 3 fully saturated rings. The van der Waals surface area contributed by atoms with Crippen LogP contribution in [0.2, 0.25) is 0 Å². The van der Waals surface area contributed by atoms with E-state index in [2.05, 4.69) is 43.0 Å². The summed E-state index contributed by atoms with van der Waals surface area (Å²) in [5.74, 6) is 0.889. The smallest absolute Gasteiger partial charge is 0.242 e. The van der Waals surface area contributed by atoms with Gasteiger partial charge in [0.1, 0.15) is 6.54 Å². The Hall–Kier alpha value is -1.88. The van der Waals surface area contributed by atoms with Gasteiger partial charge in [-0.15, -0.1) is 0 Å². The van der Waals surface area contributed by atoms with Gasteiger partial charge in [-0.05, 0) is 62.1 Å². The molecule has 0 radical (unpaired) electrons. The molecular weight excluding hydrogens is 374 g/mol. The Kier molecular flexibility index (Phi) is 6.47. The van der Waals surface area contributed by atoms with Crippen molar-refractivity contribution in [1.29, 1.82) is 0 Å². The third-order valence-electron chi connectivity index (χ3n) is 7.49. The summed E-state index contributed by atoms with van der Waals surface area (Å²) < 4.78 is 0. The number of amides is 2. The van der Waals surface area contributed by atoms with Crippen LogP contribution in [0, 0.1) is 0 Å². The Labute approximate surface area is 181 Å². The molecule has 3 aliphatic heterocycles. The van der Waals surface area contributed by atoms with E-state index < -0.39 is 0 Å². The first-order chi connectivity index (χ1) is 14.5. The number of hydrogen-bond acceptors (Lipinski definition) is 3. The second-order valence-corrected chi connectivity index (χ2v) is 9.82. The number of nitrogens with zero attached hydrogens (tertiary/aromatic N) is 3. The second kappa shape index (κ2) is 9.09. The SMILES string of the molecule is CC(C)c1ccc(CN2CCCC3(CCC(=O)N3CC(=O)N3CCCC3)CC2)cc1. The Bertz CT molecular complexity index is 754. The van der Waals surface area contributed by atoms with Gasteiger partial charge in [-0.3, -0.25) is 14.5 Å². The van der Waals surface area contributed by atoms with E-state index in [4.69, 9.17) is 0 Å². The first-order valence-electron chi connectivity index (χ1n) is 11.9. The van der Waals surface area contributed by atoms with Gasteiger partial charge in [-0.25, -0.2) is 0 Å². The molecule has 3 saturated heterocycles. The predicted octanol–water partition coefficient (Wildman–Crippen LogP) is 3.78. The molecule has 0 bridgehead atoms. The van der Waals surface area contributed by atoms with Crippen molar-refractivity contribution < 1.29 is 9.59 Å². The topological polar surface area (TPSA) is 43.9 Å². The van der Waals surface area contributed by atoms with Gasteiger partial charge in [0.2, 0.25) is 11.8 Å². The molecule has 2 amide bonds. The van der Waals surface area contributed by atoms with Gasteiger partial charge in [0, 0.05) is 38.1 Å². The quantitative estimate of drug-likeness (QED) is 0.741. The third kappa shape index (κ3) is 4.56. The molecule has 3 heterocycles. The predicted molar refractivity (Wildman–Crippen MR) is 119 cm³/mol. The highest BCUT2D eigenvalue weighted by atomic mass is 16.2. The van der Waals surface area contributed by atoms with Gasteiger partial charge >= 0.3 is 0 Å². The zero-order valence-electron chi connectivity index (χ0n) is 18.7. The minimum Gasteiger partial charge on any atom is -0.341 e. The Morgan fingerprint density at radius 1 is 0.967 bits per heavy atom. The summed E-state index contributed by atoms with van der Waals surface area (Å²) in [6.45, 7) is 9.49. The minimum absolute atomic E-state index is 0.108. The van der Waals surface area contributed by atoms with Crippen LogP contribution >= 0.6 is 0 Å². The molecule has 5 heteroatoms. The molecule has 1 spiro atoms. The maximum atomic E-state index is 12.8. The van der Waals surface area contributed by atoms with Gasteiger partial charge in [-0.2, -0.15) is 0 Å². The Balaban J connectivity index is 1.38. The van der Waals surface area contributed by atoms with Crippen LogP contribution in [0.15, 0.2) is 24.3 Å². The van der Waals surface area contributed by atoms with Crippen molar-refractivity contribution in [1.82, 2.24) is 14.7 Å². The summed E-state index contributed by atoms with van der Waals surface area (Å²) in [5.41, 5.74) is 2.64. The van der Waals surface area contributed by atoms with Crippen LogP contribution in [-0.2, 0) is 16.1 Å². The van der Waals surface area contributed by atoms with Crippen molar-refractivity contribution in [3.63, 3.8) is 0 Å². The van der Waals surface area contributed by atoms with Crippen LogP contribution < -0.4 is 0 Å². The average Bonchev–Trinajstić information content (AvgIpc) is 3.32. The summed E-state index contributed by atoms with van der Waals surface area (Å²) >= 11 is 0. The highest BCUT2D eigenvalue weighted by Gasteiger charge is 2.46. The van der Waals surface area contributed by atoms with E-state index in [0.29, 0.717) is 12.3 Å². The molecule has 0 N–H and O–H groups in total. The zero-order valence-corrected chi connectivity index (χ0v) is 18.7. The normalized spacial score (nSPS) is 25.5. The van der Waals surface area contributed by atoms with Crippen LogP contribution in [0.5, 0.6) is 0 Å². The van der Waals surface area contributed by atoms with E-state index in [9.17, 15) is 9.59 Å². The average molecular weight is 412 g/mol. The van der Waals surface area contributed by atoms with Crippen LogP contribution in [0.25, 0.3) is 0 Å². The summed E-state index contributed by atoms with van der Waals surface area (Å²) in [4.78, 5) is 31.9. The summed E-state index contributed by atoms with van der Waals surface area (Å²) in [6.07, 6.45) is 6.80. The summed E-state index contributed by atoms with van der Waals surface area (Å²) in [6, 6.07) is 9.02. The number of benzene rings is 1. The van der Waals surface area contributed by atoms with Crippen LogP contribution in [0.3, 0.4) is 0 Å². The molecule has 1 aromatic rings. The lowest BCUT2D eigenvalue weighted by molar-refractivity contribution is -0.141. The first kappa shape index (κ1) is 21.4. The highest BCUT2D eigenvalue weighted by Crippen LogP contribution is 2.39. The van der Waals surface area contributed by atoms with E-state index in [0.717, 1.165) is 71.2 Å². The fraction of sp³-hybridized carbons (Fsp3) is 0.680. The van der Waals surface area contributed by atoms with E-state index in [-0.39, 0.29) is 23.9 Å². The molecule has 1 aromatic carbocycles. The lowest BCUT2D eigenvalue weighted by Gasteiger charge is -2.38. The zero-order chi connectivity index (χ0) is 21.1. The molecule has 0 aromatic heterocycles. The molecule has 5 nitrogen and oxygen atoms in total. The van der Waals surface area contributed by atoms with Crippen LogP contribution in [0.4, 0.5) is 0 Å². The van der Waals surface area contributed by atoms with Gasteiger partial charge in [0.15, 0.2) is 0 Å². The molecule has 1 atom stereocenters. The standard InChI is InChI=1S/C25H37N3O2/c1-20(2)22-8-6-21(7-9-22)18-26-14-5-11-25(13-17-26)12-10-23(29)28(25)19-24(30)27-15-3-4-16-27/h6-9,20H,3-5,10-19H2,1-2H3. The number of carbonyl (C=O) groups is 2. The van der Waals surface area contributed by atoms with Gasteiger partial charge < -0.3 is 9.80 Å². The first-order valence-corrected chi connectivity index (χ1v) is 11.9. The van der Waals surface area contributed by atoms with Gasteiger partial charge in [-0.1, -0.05) is 38.1 Å². The Morgan fingerprint density at radius 3 is 2.40 bits per heavy atom. The number of rotatable bonds is 5. The fourth-order valence-corrected chi connectivity index (χ4v) is 5.51. The highest BCUT2D eigenvalue weighted by molar-refractivity contribution is 5.87. The van der Waals surface area contributed by atoms with Gasteiger partial charge in [0.25, 0.3) is 0 Å². The number of likely N-dealkylation sites (tertiary alicyclic amines) is 3. The fourth-order valence-electron chi connectivity index (χ4n) is 5.51. The molecular formula is C25H37N3O2. The third-order valence-corrected chi connectivity index (χ3v) is 7.49. The Morgan fingerprint density at radius 2 is 1.70 bits per heavy atom. The van der Waals surface area contributed by atoms with Crippen LogP contribution in [-0.4, -0.2) is 64.8 Å². The molecule has 4 rings (SSSR count). The second-order valence-electron chi connectivity index (χ2n) is 9.82. The van der Waals surface area contributed by atoms with Crippen molar-refractivity contribution in [2.75, 3.05) is 32.7 Å². The summed E-state index contributed by atoms with van der Waals surface area (Å²) in [5, 5.41) is 0. The molecule has 30 heavy (non-hydrogen) atoms. The van der Waals surface area contributed by atoms with Crippen molar-refractivity contribution in [2.45, 2.75) is 76.8 Å². The molecule has 1 unspecified atom stereocenters. The molecule has 164 valence electrons. The minimum atomic E-state index is -0.108. The van der Waals surface area contributed by atoms with E-state index >= 15 is 0 Å². The lowest BCUT2D eigenvalue weighted by Crippen LogP contribution is -2.51. The van der Waals surface area contributed by atoms with Crippen molar-refractivity contribution in [2.24, 2.45) is 0 Å². The summed E-state index contributed by atoms with van der Waals surface area (Å²) in [7, 11) is 0. The molecule has 0 saturated carbocycles. The lowest BCUT2D eigenvalue weighted by atomic mass is 9.87. The number of carbonyl (C=O) groups excluding carboxylic acids is 2. The van der Waals surface area contributed by atoms with Gasteiger partial charge in [0.05, 0.1) is 0 Å². The number of hydrogen-bond donors (Lipinski definition) is 0. The maximum Gasteiger partial charge on any atom is 0.242 e. The van der Waals surface area contributed by atoms with Crippen molar-refractivity contribution in [3.05, 3.63) is 35.4 Å². The van der Waals surface area contributed by atoms with E-state index in [1.807, 2.05) is 9.80 Å². The monoisotopic (exact) mass is 411 g/mol. The van der Waals surface area contributed by atoms with E-state index in [1.165, 1.54) is 11.1 Å². The molecule has 3 aliphatic rings. The van der Waals surface area contributed by atoms with E-state index in [1.54, 1.807) is 0 Å².